The van der Waals surface area contributed by atoms with Crippen LogP contribution in [0.5, 0.6) is 0 Å². The van der Waals surface area contributed by atoms with Gasteiger partial charge in [-0.2, -0.15) is 0 Å². The van der Waals surface area contributed by atoms with Gasteiger partial charge in [0.1, 0.15) is 0 Å². The second-order valence-corrected chi connectivity index (χ2v) is 2.85. The summed E-state index contributed by atoms with van der Waals surface area (Å²) in [5.74, 6) is 0. The molecule has 0 spiro atoms. The molecule has 0 unspecified atom stereocenters. The summed E-state index contributed by atoms with van der Waals surface area (Å²) in [5, 5.41) is 11.1. The molecule has 0 aromatic heterocycles. The largest absolute Gasteiger partial charge is 0.450 e. The number of carbonyl (C=O) groups is 1. The molecule has 0 rings (SSSR count). The third-order valence-electron chi connectivity index (χ3n) is 1.54. The third kappa shape index (κ3) is 9.14. The van der Waals surface area contributed by atoms with Gasteiger partial charge in [0.05, 0.1) is 6.61 Å². The van der Waals surface area contributed by atoms with Gasteiger partial charge in [-0.15, -0.1) is 0 Å². The molecule has 0 bridgehead atoms. The number of alkyl carbamates (subject to hydrolysis) is 1. The van der Waals surface area contributed by atoms with Crippen molar-refractivity contribution in [3.63, 3.8) is 0 Å². The Labute approximate surface area is 79.3 Å². The van der Waals surface area contributed by atoms with E-state index in [9.17, 15) is 4.79 Å². The van der Waals surface area contributed by atoms with Crippen LogP contribution in [0.4, 0.5) is 4.79 Å². The average molecular weight is 189 g/mol. The molecule has 0 radical (unpaired) electrons. The van der Waals surface area contributed by atoms with Gasteiger partial charge in [0, 0.05) is 13.2 Å². The second kappa shape index (κ2) is 9.32. The molecule has 0 aromatic rings. The smallest absolute Gasteiger partial charge is 0.407 e. The molecule has 0 aromatic carbocycles. The highest BCUT2D eigenvalue weighted by atomic mass is 16.5. The van der Waals surface area contributed by atoms with Crippen molar-refractivity contribution in [1.29, 1.82) is 0 Å². The predicted octanol–water partition coefficient (Wildman–Crippen LogP) is 1.29. The Bertz CT molecular complexity index is 128. The lowest BCUT2D eigenvalue weighted by atomic mass is 10.2. The van der Waals surface area contributed by atoms with Gasteiger partial charge in [-0.05, 0) is 25.7 Å². The van der Waals surface area contributed by atoms with E-state index in [1.165, 1.54) is 0 Å². The van der Waals surface area contributed by atoms with Crippen LogP contribution in [0, 0.1) is 0 Å². The highest BCUT2D eigenvalue weighted by molar-refractivity contribution is 5.66. The zero-order valence-corrected chi connectivity index (χ0v) is 8.21. The summed E-state index contributed by atoms with van der Waals surface area (Å²) in [7, 11) is 0. The lowest BCUT2D eigenvalue weighted by Gasteiger charge is -2.04. The fourth-order valence-electron chi connectivity index (χ4n) is 0.850. The average Bonchev–Trinajstić information content (AvgIpc) is 2.14. The molecule has 0 aliphatic carbocycles. The molecule has 1 amide bonds. The third-order valence-corrected chi connectivity index (χ3v) is 1.54. The molecule has 78 valence electrons. The Morgan fingerprint density at radius 3 is 2.77 bits per heavy atom. The molecular formula is C9H19NO3. The number of hydrogen-bond donors (Lipinski definition) is 2. The van der Waals surface area contributed by atoms with Gasteiger partial charge in [0.25, 0.3) is 0 Å². The van der Waals surface area contributed by atoms with E-state index in [2.05, 4.69) is 5.32 Å². The van der Waals surface area contributed by atoms with Crippen LogP contribution >= 0.6 is 0 Å². The molecule has 0 aliphatic rings. The van der Waals surface area contributed by atoms with Crippen molar-refractivity contribution < 1.29 is 14.6 Å². The number of carbonyl (C=O) groups excluding carboxylic acids is 1. The lowest BCUT2D eigenvalue weighted by molar-refractivity contribution is 0.146. The standard InChI is InChI=1S/C9H19NO3/c1-2-8-13-9(12)10-6-4-3-5-7-11/h11H,2-8H2,1H3,(H,10,12). The van der Waals surface area contributed by atoms with Gasteiger partial charge in [-0.3, -0.25) is 0 Å². The Morgan fingerprint density at radius 1 is 1.38 bits per heavy atom. The van der Waals surface area contributed by atoms with E-state index in [0.717, 1.165) is 25.7 Å². The molecular weight excluding hydrogens is 170 g/mol. The minimum atomic E-state index is -0.342. The quantitative estimate of drug-likeness (QED) is 0.593. The van der Waals surface area contributed by atoms with Crippen LogP contribution in [0.3, 0.4) is 0 Å². The van der Waals surface area contributed by atoms with Crippen molar-refractivity contribution in [3.8, 4) is 0 Å². The maximum Gasteiger partial charge on any atom is 0.407 e. The second-order valence-electron chi connectivity index (χ2n) is 2.85. The topological polar surface area (TPSA) is 58.6 Å². The summed E-state index contributed by atoms with van der Waals surface area (Å²) < 4.78 is 4.80. The first-order valence-electron chi connectivity index (χ1n) is 4.82. The number of hydrogen-bond acceptors (Lipinski definition) is 3. The van der Waals surface area contributed by atoms with Crippen molar-refractivity contribution in [2.24, 2.45) is 0 Å². The number of amides is 1. The zero-order valence-electron chi connectivity index (χ0n) is 8.21. The van der Waals surface area contributed by atoms with Crippen molar-refractivity contribution in [3.05, 3.63) is 0 Å². The van der Waals surface area contributed by atoms with Gasteiger partial charge >= 0.3 is 6.09 Å². The van der Waals surface area contributed by atoms with Gasteiger partial charge in [0.2, 0.25) is 0 Å². The fraction of sp³-hybridized carbons (Fsp3) is 0.889. The molecule has 2 N–H and O–H groups in total. The van der Waals surface area contributed by atoms with Crippen molar-refractivity contribution in [2.45, 2.75) is 32.6 Å². The molecule has 0 aliphatic heterocycles. The number of rotatable bonds is 7. The fourth-order valence-corrected chi connectivity index (χ4v) is 0.850. The Kier molecular flexibility index (Phi) is 8.77. The Morgan fingerprint density at radius 2 is 2.15 bits per heavy atom. The van der Waals surface area contributed by atoms with Crippen molar-refractivity contribution in [2.75, 3.05) is 19.8 Å². The number of nitrogens with one attached hydrogen (secondary N) is 1. The lowest BCUT2D eigenvalue weighted by Crippen LogP contribution is -2.25. The SMILES string of the molecule is CCCOC(=O)NCCCCCO. The summed E-state index contributed by atoms with van der Waals surface area (Å²) in [6.07, 6.45) is 3.13. The molecule has 0 saturated carbocycles. The summed E-state index contributed by atoms with van der Waals surface area (Å²) in [4.78, 5) is 10.9. The minimum Gasteiger partial charge on any atom is -0.450 e. The van der Waals surface area contributed by atoms with E-state index in [1.807, 2.05) is 6.92 Å². The van der Waals surface area contributed by atoms with Gasteiger partial charge < -0.3 is 15.2 Å². The number of aliphatic hydroxyl groups is 1. The maximum atomic E-state index is 10.9. The molecule has 4 heteroatoms. The van der Waals surface area contributed by atoms with Crippen molar-refractivity contribution in [1.82, 2.24) is 5.32 Å². The Hall–Kier alpha value is -0.770. The van der Waals surface area contributed by atoms with Crippen LogP contribution in [0.2, 0.25) is 0 Å². The molecule has 0 heterocycles. The predicted molar refractivity (Wildman–Crippen MR) is 50.6 cm³/mol. The minimum absolute atomic E-state index is 0.223. The number of unbranched alkanes of at least 4 members (excludes halogenated alkanes) is 2. The molecule has 0 atom stereocenters. The number of ether oxygens (including phenoxy) is 1. The first-order chi connectivity index (χ1) is 6.31. The van der Waals surface area contributed by atoms with Crippen LogP contribution in [0.25, 0.3) is 0 Å². The number of aliphatic hydroxyl groups excluding tert-OH is 1. The van der Waals surface area contributed by atoms with Crippen LogP contribution in [0.1, 0.15) is 32.6 Å². The summed E-state index contributed by atoms with van der Waals surface area (Å²) in [5.41, 5.74) is 0. The van der Waals surface area contributed by atoms with Crippen LogP contribution in [-0.2, 0) is 4.74 Å². The molecule has 13 heavy (non-hydrogen) atoms. The zero-order chi connectivity index (χ0) is 9.94. The van der Waals surface area contributed by atoms with E-state index in [0.29, 0.717) is 13.2 Å². The highest BCUT2D eigenvalue weighted by Crippen LogP contribution is 1.92. The van der Waals surface area contributed by atoms with Crippen molar-refractivity contribution >= 4 is 6.09 Å². The highest BCUT2D eigenvalue weighted by Gasteiger charge is 1.98. The molecule has 0 fully saturated rings. The van der Waals surface area contributed by atoms with Crippen LogP contribution in [0.15, 0.2) is 0 Å². The van der Waals surface area contributed by atoms with Crippen LogP contribution in [-0.4, -0.2) is 31.0 Å². The summed E-state index contributed by atoms with van der Waals surface area (Å²) in [6.45, 7) is 3.28. The maximum absolute atomic E-state index is 10.9. The van der Waals surface area contributed by atoms with E-state index in [4.69, 9.17) is 9.84 Å². The van der Waals surface area contributed by atoms with Gasteiger partial charge in [-0.25, -0.2) is 4.79 Å². The van der Waals surface area contributed by atoms with Crippen LogP contribution < -0.4 is 5.32 Å². The van der Waals surface area contributed by atoms with E-state index < -0.39 is 0 Å². The van der Waals surface area contributed by atoms with E-state index in [1.54, 1.807) is 0 Å². The first-order valence-corrected chi connectivity index (χ1v) is 4.82. The molecule has 4 nitrogen and oxygen atoms in total. The monoisotopic (exact) mass is 189 g/mol. The van der Waals surface area contributed by atoms with E-state index in [-0.39, 0.29) is 12.7 Å². The normalized spacial score (nSPS) is 9.69. The molecule has 0 saturated heterocycles. The first kappa shape index (κ1) is 12.2. The summed E-state index contributed by atoms with van der Waals surface area (Å²) in [6, 6.07) is 0. The van der Waals surface area contributed by atoms with E-state index >= 15 is 0 Å². The Balaban J connectivity index is 3.08. The van der Waals surface area contributed by atoms with Gasteiger partial charge in [0.15, 0.2) is 0 Å². The van der Waals surface area contributed by atoms with Gasteiger partial charge in [-0.1, -0.05) is 6.92 Å². The summed E-state index contributed by atoms with van der Waals surface area (Å²) >= 11 is 0.